The highest BCUT2D eigenvalue weighted by atomic mass is 16.5. The van der Waals surface area contributed by atoms with Gasteiger partial charge in [-0.1, -0.05) is 19.9 Å². The number of ether oxygens (including phenoxy) is 1. The molecule has 1 aromatic heterocycles. The number of aromatic nitrogens is 1. The summed E-state index contributed by atoms with van der Waals surface area (Å²) < 4.78 is 4.95. The highest BCUT2D eigenvalue weighted by Gasteiger charge is 2.04. The van der Waals surface area contributed by atoms with E-state index >= 15 is 0 Å². The average molecular weight is 223 g/mol. The fourth-order valence-electron chi connectivity index (χ4n) is 1.00. The minimum absolute atomic E-state index is 0.318. The van der Waals surface area contributed by atoms with Crippen LogP contribution in [-0.4, -0.2) is 17.7 Å². The number of anilines is 1. The number of rotatable bonds is 4. The SMILES string of the molecule is CC(C)COC(=O)Nc1ccc(CN)cn1. The van der Waals surface area contributed by atoms with Crippen LogP contribution in [0, 0.1) is 5.92 Å². The summed E-state index contributed by atoms with van der Waals surface area (Å²) >= 11 is 0. The molecule has 0 aliphatic carbocycles. The van der Waals surface area contributed by atoms with E-state index in [9.17, 15) is 4.79 Å². The van der Waals surface area contributed by atoms with Crippen molar-refractivity contribution in [3.05, 3.63) is 23.9 Å². The normalized spacial score (nSPS) is 10.2. The largest absolute Gasteiger partial charge is 0.449 e. The molecule has 0 aromatic carbocycles. The Hall–Kier alpha value is -1.62. The molecule has 0 saturated heterocycles. The number of nitrogens with one attached hydrogen (secondary N) is 1. The molecule has 1 heterocycles. The summed E-state index contributed by atoms with van der Waals surface area (Å²) in [5.74, 6) is 0.782. The Balaban J connectivity index is 2.43. The van der Waals surface area contributed by atoms with E-state index in [0.717, 1.165) is 5.56 Å². The molecule has 5 nitrogen and oxygen atoms in total. The molecule has 5 heteroatoms. The molecule has 0 aliphatic heterocycles. The number of amides is 1. The first-order valence-electron chi connectivity index (χ1n) is 5.20. The van der Waals surface area contributed by atoms with Gasteiger partial charge in [0.1, 0.15) is 5.82 Å². The third kappa shape index (κ3) is 4.27. The fraction of sp³-hybridized carbons (Fsp3) is 0.455. The van der Waals surface area contributed by atoms with Crippen molar-refractivity contribution in [1.82, 2.24) is 4.98 Å². The van der Waals surface area contributed by atoms with Gasteiger partial charge in [0.2, 0.25) is 0 Å². The second-order valence-electron chi connectivity index (χ2n) is 3.87. The fourth-order valence-corrected chi connectivity index (χ4v) is 1.00. The molecule has 0 saturated carbocycles. The number of nitrogens with zero attached hydrogens (tertiary/aromatic N) is 1. The topological polar surface area (TPSA) is 77.2 Å². The molecule has 88 valence electrons. The number of carbonyl (C=O) groups is 1. The molecule has 0 fully saturated rings. The second kappa shape index (κ2) is 6.07. The van der Waals surface area contributed by atoms with Crippen molar-refractivity contribution >= 4 is 11.9 Å². The van der Waals surface area contributed by atoms with Crippen LogP contribution in [-0.2, 0) is 11.3 Å². The Morgan fingerprint density at radius 3 is 2.81 bits per heavy atom. The van der Waals surface area contributed by atoms with Crippen molar-refractivity contribution in [2.75, 3.05) is 11.9 Å². The predicted octanol–water partition coefficient (Wildman–Crippen LogP) is 1.74. The number of carbonyl (C=O) groups excluding carboxylic acids is 1. The first-order valence-corrected chi connectivity index (χ1v) is 5.20. The summed E-state index contributed by atoms with van der Waals surface area (Å²) in [6.45, 7) is 4.78. The molecule has 0 unspecified atom stereocenters. The number of hydrogen-bond donors (Lipinski definition) is 2. The van der Waals surface area contributed by atoms with Gasteiger partial charge in [-0.2, -0.15) is 0 Å². The molecule has 3 N–H and O–H groups in total. The third-order valence-corrected chi connectivity index (χ3v) is 1.84. The van der Waals surface area contributed by atoms with Gasteiger partial charge in [-0.25, -0.2) is 9.78 Å². The highest BCUT2D eigenvalue weighted by Crippen LogP contribution is 2.05. The Labute approximate surface area is 95.0 Å². The van der Waals surface area contributed by atoms with Gasteiger partial charge in [0, 0.05) is 12.7 Å². The van der Waals surface area contributed by atoms with Crippen LogP contribution < -0.4 is 11.1 Å². The van der Waals surface area contributed by atoms with E-state index in [-0.39, 0.29) is 0 Å². The Morgan fingerprint density at radius 2 is 2.31 bits per heavy atom. The van der Waals surface area contributed by atoms with Crippen molar-refractivity contribution in [1.29, 1.82) is 0 Å². The molecule has 0 radical (unpaired) electrons. The lowest BCUT2D eigenvalue weighted by atomic mass is 10.2. The lowest BCUT2D eigenvalue weighted by molar-refractivity contribution is 0.147. The van der Waals surface area contributed by atoms with Crippen molar-refractivity contribution in [2.24, 2.45) is 11.7 Å². The molecule has 0 atom stereocenters. The maximum absolute atomic E-state index is 11.3. The first kappa shape index (κ1) is 12.4. The van der Waals surface area contributed by atoms with Crippen molar-refractivity contribution in [3.63, 3.8) is 0 Å². The molecular weight excluding hydrogens is 206 g/mol. The van der Waals surface area contributed by atoms with Gasteiger partial charge in [-0.05, 0) is 17.5 Å². The summed E-state index contributed by atoms with van der Waals surface area (Å²) in [5, 5.41) is 2.54. The van der Waals surface area contributed by atoms with Crippen LogP contribution in [0.25, 0.3) is 0 Å². The van der Waals surface area contributed by atoms with Crippen LogP contribution >= 0.6 is 0 Å². The van der Waals surface area contributed by atoms with Gasteiger partial charge in [-0.3, -0.25) is 5.32 Å². The van der Waals surface area contributed by atoms with Crippen molar-refractivity contribution < 1.29 is 9.53 Å². The van der Waals surface area contributed by atoms with Crippen LogP contribution in [0.15, 0.2) is 18.3 Å². The molecule has 16 heavy (non-hydrogen) atoms. The predicted molar refractivity (Wildman–Crippen MR) is 61.9 cm³/mol. The highest BCUT2D eigenvalue weighted by molar-refractivity contribution is 5.83. The van der Waals surface area contributed by atoms with Gasteiger partial charge in [-0.15, -0.1) is 0 Å². The number of hydrogen-bond acceptors (Lipinski definition) is 4. The first-order chi connectivity index (χ1) is 7.61. The summed E-state index contributed by atoms with van der Waals surface area (Å²) in [7, 11) is 0. The molecule has 0 spiro atoms. The van der Waals surface area contributed by atoms with E-state index in [0.29, 0.717) is 24.9 Å². The Bertz CT molecular complexity index is 336. The van der Waals surface area contributed by atoms with Gasteiger partial charge < -0.3 is 10.5 Å². The van der Waals surface area contributed by atoms with Gasteiger partial charge in [0.15, 0.2) is 0 Å². The lowest BCUT2D eigenvalue weighted by Crippen LogP contribution is -2.17. The number of pyridine rings is 1. The standard InChI is InChI=1S/C11H17N3O2/c1-8(2)7-16-11(15)14-10-4-3-9(5-12)6-13-10/h3-4,6,8H,5,7,12H2,1-2H3,(H,13,14,15). The molecule has 0 aliphatic rings. The van der Waals surface area contributed by atoms with E-state index in [1.807, 2.05) is 19.9 Å². The Morgan fingerprint density at radius 1 is 1.56 bits per heavy atom. The van der Waals surface area contributed by atoms with Crippen LogP contribution in [0.4, 0.5) is 10.6 Å². The summed E-state index contributed by atoms with van der Waals surface area (Å²) in [6.07, 6.45) is 1.14. The van der Waals surface area contributed by atoms with Crippen LogP contribution in [0.2, 0.25) is 0 Å². The van der Waals surface area contributed by atoms with E-state index in [1.165, 1.54) is 0 Å². The van der Waals surface area contributed by atoms with Crippen LogP contribution in [0.5, 0.6) is 0 Å². The minimum atomic E-state index is -0.485. The zero-order chi connectivity index (χ0) is 12.0. The second-order valence-corrected chi connectivity index (χ2v) is 3.87. The molecule has 0 bridgehead atoms. The minimum Gasteiger partial charge on any atom is -0.449 e. The van der Waals surface area contributed by atoms with Crippen LogP contribution in [0.3, 0.4) is 0 Å². The lowest BCUT2D eigenvalue weighted by Gasteiger charge is -2.08. The van der Waals surface area contributed by atoms with Gasteiger partial charge in [0.25, 0.3) is 0 Å². The van der Waals surface area contributed by atoms with Gasteiger partial charge in [0.05, 0.1) is 6.61 Å². The molecule has 1 amide bonds. The maximum atomic E-state index is 11.3. The Kier molecular flexibility index (Phi) is 4.72. The molecule has 1 rings (SSSR count). The van der Waals surface area contributed by atoms with Crippen molar-refractivity contribution in [3.8, 4) is 0 Å². The monoisotopic (exact) mass is 223 g/mol. The molecule has 1 aromatic rings. The smallest absolute Gasteiger partial charge is 0.412 e. The van der Waals surface area contributed by atoms with E-state index < -0.39 is 6.09 Å². The van der Waals surface area contributed by atoms with Gasteiger partial charge >= 0.3 is 6.09 Å². The van der Waals surface area contributed by atoms with E-state index in [4.69, 9.17) is 10.5 Å². The molecular formula is C11H17N3O2. The van der Waals surface area contributed by atoms with E-state index in [1.54, 1.807) is 12.3 Å². The summed E-state index contributed by atoms with van der Waals surface area (Å²) in [5.41, 5.74) is 6.35. The summed E-state index contributed by atoms with van der Waals surface area (Å²) in [6, 6.07) is 3.50. The van der Waals surface area contributed by atoms with Crippen molar-refractivity contribution in [2.45, 2.75) is 20.4 Å². The number of nitrogens with two attached hydrogens (primary N) is 1. The average Bonchev–Trinajstić information content (AvgIpc) is 2.27. The maximum Gasteiger partial charge on any atom is 0.412 e. The quantitative estimate of drug-likeness (QED) is 0.815. The third-order valence-electron chi connectivity index (χ3n) is 1.84. The summed E-state index contributed by atoms with van der Waals surface area (Å²) in [4.78, 5) is 15.3. The van der Waals surface area contributed by atoms with E-state index in [2.05, 4.69) is 10.3 Å². The zero-order valence-corrected chi connectivity index (χ0v) is 9.56. The zero-order valence-electron chi connectivity index (χ0n) is 9.56. The van der Waals surface area contributed by atoms with Crippen LogP contribution in [0.1, 0.15) is 19.4 Å².